The van der Waals surface area contributed by atoms with Crippen molar-refractivity contribution < 1.29 is 22.7 Å². The van der Waals surface area contributed by atoms with Gasteiger partial charge in [-0.2, -0.15) is 4.31 Å². The highest BCUT2D eigenvalue weighted by Crippen LogP contribution is 2.29. The summed E-state index contributed by atoms with van der Waals surface area (Å²) in [5, 5.41) is 4.62. The van der Waals surface area contributed by atoms with Gasteiger partial charge in [-0.25, -0.2) is 18.2 Å². The third-order valence-corrected chi connectivity index (χ3v) is 8.65. The van der Waals surface area contributed by atoms with E-state index in [1.807, 2.05) is 12.1 Å². The van der Waals surface area contributed by atoms with Gasteiger partial charge in [-0.05, 0) is 68.7 Å². The maximum atomic E-state index is 13.1. The van der Waals surface area contributed by atoms with Crippen molar-refractivity contribution in [3.63, 3.8) is 0 Å². The van der Waals surface area contributed by atoms with Crippen molar-refractivity contribution in [3.05, 3.63) is 40.4 Å². The predicted octanol–water partition coefficient (Wildman–Crippen LogP) is 3.24. The first-order valence-electron chi connectivity index (χ1n) is 10.9. The number of piperidine rings is 1. The van der Waals surface area contributed by atoms with Gasteiger partial charge in [-0.3, -0.25) is 4.79 Å². The summed E-state index contributed by atoms with van der Waals surface area (Å²) in [6.45, 7) is 2.56. The number of carbonyl (C=O) groups is 2. The van der Waals surface area contributed by atoms with E-state index in [0.29, 0.717) is 36.0 Å². The smallest absolute Gasteiger partial charge is 0.357 e. The summed E-state index contributed by atoms with van der Waals surface area (Å²) in [6.07, 6.45) is 5.06. The molecule has 32 heavy (non-hydrogen) atoms. The SMILES string of the molecule is CCOC(=O)c1csc(NC(=O)C2CCN(S(=O)(=O)c3ccc4c(c3)CCCC4)CC2)n1. The number of rotatable bonds is 6. The van der Waals surface area contributed by atoms with Crippen LogP contribution >= 0.6 is 11.3 Å². The minimum Gasteiger partial charge on any atom is -0.461 e. The molecule has 1 saturated heterocycles. The van der Waals surface area contributed by atoms with Gasteiger partial charge >= 0.3 is 5.97 Å². The van der Waals surface area contributed by atoms with Crippen LogP contribution in [0.3, 0.4) is 0 Å². The van der Waals surface area contributed by atoms with E-state index in [4.69, 9.17) is 4.74 Å². The number of fused-ring (bicyclic) bond motifs is 1. The predicted molar refractivity (Wildman–Crippen MR) is 121 cm³/mol. The van der Waals surface area contributed by atoms with Crippen LogP contribution in [0.2, 0.25) is 0 Å². The zero-order valence-electron chi connectivity index (χ0n) is 18.0. The first-order valence-corrected chi connectivity index (χ1v) is 13.3. The first-order chi connectivity index (χ1) is 15.4. The largest absolute Gasteiger partial charge is 0.461 e. The number of carbonyl (C=O) groups excluding carboxylic acids is 2. The molecule has 0 saturated carbocycles. The second-order valence-corrected chi connectivity index (χ2v) is 10.9. The molecular formula is C22H27N3O5S2. The van der Waals surface area contributed by atoms with Crippen LogP contribution in [-0.2, 0) is 32.4 Å². The van der Waals surface area contributed by atoms with Crippen molar-refractivity contribution in [1.29, 1.82) is 0 Å². The van der Waals surface area contributed by atoms with Crippen molar-refractivity contribution in [2.24, 2.45) is 5.92 Å². The number of nitrogens with zero attached hydrogens (tertiary/aromatic N) is 2. The van der Waals surface area contributed by atoms with Crippen molar-refractivity contribution in [2.45, 2.75) is 50.3 Å². The number of anilines is 1. The van der Waals surface area contributed by atoms with Gasteiger partial charge in [0.05, 0.1) is 11.5 Å². The van der Waals surface area contributed by atoms with Gasteiger partial charge < -0.3 is 10.1 Å². The van der Waals surface area contributed by atoms with Gasteiger partial charge in [0, 0.05) is 24.4 Å². The van der Waals surface area contributed by atoms with E-state index in [-0.39, 0.29) is 24.1 Å². The molecule has 1 amide bonds. The Balaban J connectivity index is 1.35. The molecule has 1 N–H and O–H groups in total. The normalized spacial score (nSPS) is 17.5. The molecule has 1 fully saturated rings. The summed E-state index contributed by atoms with van der Waals surface area (Å²) in [4.78, 5) is 28.8. The Kier molecular flexibility index (Phi) is 6.92. The van der Waals surface area contributed by atoms with Gasteiger partial charge in [0.25, 0.3) is 0 Å². The van der Waals surface area contributed by atoms with Crippen molar-refractivity contribution in [1.82, 2.24) is 9.29 Å². The lowest BCUT2D eigenvalue weighted by Gasteiger charge is -2.30. The van der Waals surface area contributed by atoms with Crippen LogP contribution in [0.5, 0.6) is 0 Å². The number of hydrogen-bond acceptors (Lipinski definition) is 7. The molecule has 1 aromatic heterocycles. The topological polar surface area (TPSA) is 106 Å². The third-order valence-electron chi connectivity index (χ3n) is 6.00. The maximum absolute atomic E-state index is 13.1. The van der Waals surface area contributed by atoms with E-state index in [1.54, 1.807) is 18.4 Å². The Labute approximate surface area is 192 Å². The fraction of sp³-hybridized carbons (Fsp3) is 0.500. The number of ether oxygens (including phenoxy) is 1. The number of aryl methyl sites for hydroxylation is 2. The lowest BCUT2D eigenvalue weighted by Crippen LogP contribution is -2.41. The number of amides is 1. The average molecular weight is 478 g/mol. The van der Waals surface area contributed by atoms with Gasteiger partial charge in [0.2, 0.25) is 15.9 Å². The van der Waals surface area contributed by atoms with E-state index >= 15 is 0 Å². The Bertz CT molecular complexity index is 1100. The second kappa shape index (κ2) is 9.68. The summed E-state index contributed by atoms with van der Waals surface area (Å²) in [5.41, 5.74) is 2.55. The van der Waals surface area contributed by atoms with Crippen LogP contribution in [-0.4, -0.2) is 49.3 Å². The molecule has 0 bridgehead atoms. The zero-order chi connectivity index (χ0) is 22.7. The summed E-state index contributed by atoms with van der Waals surface area (Å²) in [5.74, 6) is -1.04. The highest BCUT2D eigenvalue weighted by atomic mass is 32.2. The Morgan fingerprint density at radius 2 is 1.91 bits per heavy atom. The van der Waals surface area contributed by atoms with Crippen LogP contribution in [0.4, 0.5) is 5.13 Å². The molecule has 8 nitrogen and oxygen atoms in total. The maximum Gasteiger partial charge on any atom is 0.357 e. The fourth-order valence-electron chi connectivity index (χ4n) is 4.22. The van der Waals surface area contributed by atoms with Crippen LogP contribution < -0.4 is 5.32 Å². The zero-order valence-corrected chi connectivity index (χ0v) is 19.6. The van der Waals surface area contributed by atoms with Crippen molar-refractivity contribution >= 4 is 38.4 Å². The molecule has 1 aliphatic heterocycles. The highest BCUT2D eigenvalue weighted by Gasteiger charge is 2.33. The molecule has 172 valence electrons. The highest BCUT2D eigenvalue weighted by molar-refractivity contribution is 7.89. The van der Waals surface area contributed by atoms with Crippen LogP contribution in [0.25, 0.3) is 0 Å². The van der Waals surface area contributed by atoms with Gasteiger partial charge in [-0.15, -0.1) is 11.3 Å². The summed E-state index contributed by atoms with van der Waals surface area (Å²) >= 11 is 1.16. The number of sulfonamides is 1. The molecule has 0 unspecified atom stereocenters. The van der Waals surface area contributed by atoms with Crippen LogP contribution in [0.15, 0.2) is 28.5 Å². The van der Waals surface area contributed by atoms with Crippen molar-refractivity contribution in [3.8, 4) is 0 Å². The second-order valence-electron chi connectivity index (χ2n) is 8.06. The number of nitrogens with one attached hydrogen (secondary N) is 1. The molecule has 1 aliphatic carbocycles. The quantitative estimate of drug-likeness (QED) is 0.641. The van der Waals surface area contributed by atoms with Crippen LogP contribution in [0, 0.1) is 5.92 Å². The van der Waals surface area contributed by atoms with E-state index in [2.05, 4.69) is 10.3 Å². The summed E-state index contributed by atoms with van der Waals surface area (Å²) in [6, 6.07) is 5.48. The summed E-state index contributed by atoms with van der Waals surface area (Å²) in [7, 11) is -3.58. The van der Waals surface area contributed by atoms with Gasteiger partial charge in [0.15, 0.2) is 10.8 Å². The molecule has 0 atom stereocenters. The van der Waals surface area contributed by atoms with E-state index in [0.717, 1.165) is 42.6 Å². The Morgan fingerprint density at radius 1 is 1.19 bits per heavy atom. The molecule has 0 spiro atoms. The first kappa shape index (κ1) is 22.9. The molecule has 2 aliphatic rings. The molecule has 4 rings (SSSR count). The number of esters is 1. The average Bonchev–Trinajstić information content (AvgIpc) is 3.27. The lowest BCUT2D eigenvalue weighted by molar-refractivity contribution is -0.120. The van der Waals surface area contributed by atoms with Gasteiger partial charge in [0.1, 0.15) is 0 Å². The van der Waals surface area contributed by atoms with Crippen molar-refractivity contribution in [2.75, 3.05) is 25.0 Å². The molecule has 1 aromatic carbocycles. The van der Waals surface area contributed by atoms with E-state index in [1.165, 1.54) is 9.87 Å². The molecule has 0 radical (unpaired) electrons. The Hall–Kier alpha value is -2.30. The number of benzene rings is 1. The molecule has 2 heterocycles. The number of aromatic nitrogens is 1. The lowest BCUT2D eigenvalue weighted by atomic mass is 9.92. The number of thiazole rings is 1. The fourth-order valence-corrected chi connectivity index (χ4v) is 6.42. The van der Waals surface area contributed by atoms with E-state index < -0.39 is 16.0 Å². The summed E-state index contributed by atoms with van der Waals surface area (Å²) < 4.78 is 32.6. The van der Waals surface area contributed by atoms with Crippen LogP contribution in [0.1, 0.15) is 54.2 Å². The molecule has 10 heteroatoms. The third kappa shape index (κ3) is 4.87. The van der Waals surface area contributed by atoms with Gasteiger partial charge in [-0.1, -0.05) is 6.07 Å². The molecule has 2 aromatic rings. The Morgan fingerprint density at radius 3 is 2.62 bits per heavy atom. The van der Waals surface area contributed by atoms with E-state index in [9.17, 15) is 18.0 Å². The monoisotopic (exact) mass is 477 g/mol. The molecular weight excluding hydrogens is 450 g/mol. The minimum absolute atomic E-state index is 0.165. The minimum atomic E-state index is -3.58. The standard InChI is InChI=1S/C22H27N3O5S2/c1-2-30-21(27)19-14-31-22(23-19)24-20(26)16-9-11-25(12-10-16)32(28,29)18-8-7-15-5-3-4-6-17(15)13-18/h7-8,13-14,16H,2-6,9-12H2,1H3,(H,23,24,26). The number of hydrogen-bond donors (Lipinski definition) is 1.